The molecule has 0 amide bonds. The van der Waals surface area contributed by atoms with Gasteiger partial charge in [0.05, 0.1) is 12.0 Å². The second-order valence-corrected chi connectivity index (χ2v) is 7.83. The van der Waals surface area contributed by atoms with Crippen LogP contribution >= 0.6 is 0 Å². The summed E-state index contributed by atoms with van der Waals surface area (Å²) in [4.78, 5) is 0. The summed E-state index contributed by atoms with van der Waals surface area (Å²) < 4.78 is 0. The molecule has 0 saturated heterocycles. The molecule has 112 valence electrons. The Kier molecular flexibility index (Phi) is 3.25. The molecule has 4 aliphatic carbocycles. The highest BCUT2D eigenvalue weighted by Crippen LogP contribution is 2.63. The molecule has 2 fully saturated rings. The van der Waals surface area contributed by atoms with Gasteiger partial charge in [0, 0.05) is 0 Å². The molecule has 6 unspecified atom stereocenters. The van der Waals surface area contributed by atoms with Crippen LogP contribution in [-0.4, -0.2) is 0 Å². The Morgan fingerprint density at radius 2 is 2.19 bits per heavy atom. The van der Waals surface area contributed by atoms with Gasteiger partial charge in [-0.2, -0.15) is 5.26 Å². The monoisotopic (exact) mass is 281 g/mol. The average Bonchev–Trinajstić information content (AvgIpc) is 2.93. The maximum Gasteiger partial charge on any atom is 0.0661 e. The zero-order chi connectivity index (χ0) is 14.4. The predicted octanol–water partition coefficient (Wildman–Crippen LogP) is 5.26. The fourth-order valence-electron chi connectivity index (χ4n) is 6.47. The molecule has 0 bridgehead atoms. The van der Waals surface area contributed by atoms with Crippen LogP contribution in [0.2, 0.25) is 0 Å². The lowest BCUT2D eigenvalue weighted by molar-refractivity contribution is 0.00771. The predicted molar refractivity (Wildman–Crippen MR) is 85.3 cm³/mol. The molecule has 0 aromatic carbocycles. The van der Waals surface area contributed by atoms with Gasteiger partial charge in [-0.1, -0.05) is 25.2 Å². The number of allylic oxidation sites excluding steroid dienone is 4. The van der Waals surface area contributed by atoms with Gasteiger partial charge < -0.3 is 0 Å². The topological polar surface area (TPSA) is 23.8 Å². The minimum Gasteiger partial charge on any atom is -0.198 e. The van der Waals surface area contributed by atoms with Crippen molar-refractivity contribution in [2.45, 2.75) is 58.3 Å². The van der Waals surface area contributed by atoms with Crippen molar-refractivity contribution < 1.29 is 0 Å². The van der Waals surface area contributed by atoms with Gasteiger partial charge in [0.1, 0.15) is 0 Å². The second kappa shape index (κ2) is 5.01. The smallest absolute Gasteiger partial charge is 0.0661 e. The van der Waals surface area contributed by atoms with Gasteiger partial charge in [0.15, 0.2) is 0 Å². The normalized spacial score (nSPS) is 47.8. The van der Waals surface area contributed by atoms with E-state index in [1.54, 1.807) is 5.57 Å². The van der Waals surface area contributed by atoms with Gasteiger partial charge in [-0.15, -0.1) is 0 Å². The Hall–Kier alpha value is -1.03. The van der Waals surface area contributed by atoms with E-state index in [9.17, 15) is 5.26 Å². The van der Waals surface area contributed by atoms with Crippen molar-refractivity contribution in [3.63, 3.8) is 0 Å². The Morgan fingerprint density at radius 3 is 3.00 bits per heavy atom. The highest BCUT2D eigenvalue weighted by molar-refractivity contribution is 5.31. The highest BCUT2D eigenvalue weighted by Gasteiger charge is 2.56. The van der Waals surface area contributed by atoms with E-state index in [0.29, 0.717) is 11.3 Å². The number of hydrogen-bond donors (Lipinski definition) is 0. The first kappa shape index (κ1) is 13.6. The highest BCUT2D eigenvalue weighted by atomic mass is 14.6. The van der Waals surface area contributed by atoms with Gasteiger partial charge in [-0.3, -0.25) is 0 Å². The number of nitrogens with zero attached hydrogens (tertiary/aromatic N) is 1. The first-order valence-corrected chi connectivity index (χ1v) is 9.08. The molecule has 1 nitrogen and oxygen atoms in total. The van der Waals surface area contributed by atoms with Crippen molar-refractivity contribution in [1.82, 2.24) is 0 Å². The first-order valence-electron chi connectivity index (χ1n) is 9.08. The van der Waals surface area contributed by atoms with Gasteiger partial charge in [0.2, 0.25) is 0 Å². The van der Waals surface area contributed by atoms with Gasteiger partial charge in [-0.25, -0.2) is 0 Å². The molecule has 0 aromatic heterocycles. The third-order valence-electron chi connectivity index (χ3n) is 7.47. The van der Waals surface area contributed by atoms with Gasteiger partial charge in [-0.05, 0) is 86.0 Å². The van der Waals surface area contributed by atoms with E-state index in [-0.39, 0.29) is 0 Å². The lowest BCUT2D eigenvalue weighted by Gasteiger charge is -2.52. The SMILES string of the molecule is CCC12CCC3C4CCCC=C4C=CC3C1CCC2C#N. The van der Waals surface area contributed by atoms with E-state index in [0.717, 1.165) is 30.1 Å². The average molecular weight is 281 g/mol. The molecule has 4 rings (SSSR count). The summed E-state index contributed by atoms with van der Waals surface area (Å²) in [6, 6.07) is 2.67. The second-order valence-electron chi connectivity index (χ2n) is 7.83. The fourth-order valence-corrected chi connectivity index (χ4v) is 6.47. The standard InChI is InChI=1S/C20H27N/c1-2-20-12-11-17-16-6-4-3-5-14(16)7-9-18(17)19(20)10-8-15(20)13-21/h5,7,9,15-19H,2-4,6,8,10-12H2,1H3. The van der Waals surface area contributed by atoms with Crippen molar-refractivity contribution in [2.75, 3.05) is 0 Å². The molecule has 21 heavy (non-hydrogen) atoms. The van der Waals surface area contributed by atoms with Crippen molar-refractivity contribution in [3.05, 3.63) is 23.8 Å². The molecule has 2 saturated carbocycles. The lowest BCUT2D eigenvalue weighted by atomic mass is 9.52. The number of rotatable bonds is 1. The maximum atomic E-state index is 9.61. The summed E-state index contributed by atoms with van der Waals surface area (Å²) in [7, 11) is 0. The number of nitriles is 1. The first-order chi connectivity index (χ1) is 10.3. The Morgan fingerprint density at radius 1 is 1.29 bits per heavy atom. The van der Waals surface area contributed by atoms with Crippen molar-refractivity contribution in [2.24, 2.45) is 35.0 Å². The van der Waals surface area contributed by atoms with Crippen LogP contribution in [0.1, 0.15) is 58.3 Å². The van der Waals surface area contributed by atoms with Crippen LogP contribution in [0.15, 0.2) is 23.8 Å². The lowest BCUT2D eigenvalue weighted by Crippen LogP contribution is -2.45. The van der Waals surface area contributed by atoms with Crippen LogP contribution < -0.4 is 0 Å². The van der Waals surface area contributed by atoms with E-state index in [1.165, 1.54) is 44.9 Å². The zero-order valence-corrected chi connectivity index (χ0v) is 13.2. The van der Waals surface area contributed by atoms with E-state index in [4.69, 9.17) is 0 Å². The third-order valence-corrected chi connectivity index (χ3v) is 7.47. The van der Waals surface area contributed by atoms with Crippen LogP contribution in [0.4, 0.5) is 0 Å². The molecule has 1 heteroatoms. The van der Waals surface area contributed by atoms with Gasteiger partial charge >= 0.3 is 0 Å². The summed E-state index contributed by atoms with van der Waals surface area (Å²) >= 11 is 0. The largest absolute Gasteiger partial charge is 0.198 e. The minimum absolute atomic E-state index is 0.324. The summed E-state index contributed by atoms with van der Waals surface area (Å²) in [5.41, 5.74) is 1.98. The Labute approximate surface area is 129 Å². The zero-order valence-electron chi connectivity index (χ0n) is 13.2. The molecule has 0 heterocycles. The van der Waals surface area contributed by atoms with E-state index < -0.39 is 0 Å². The van der Waals surface area contributed by atoms with Crippen LogP contribution in [0.25, 0.3) is 0 Å². The van der Waals surface area contributed by atoms with Crippen molar-refractivity contribution in [3.8, 4) is 6.07 Å². The minimum atomic E-state index is 0.324. The van der Waals surface area contributed by atoms with Crippen molar-refractivity contribution in [1.29, 1.82) is 5.26 Å². The molecular weight excluding hydrogens is 254 g/mol. The Balaban J connectivity index is 1.70. The molecular formula is C20H27N. The molecule has 6 atom stereocenters. The number of hydrogen-bond acceptors (Lipinski definition) is 1. The third kappa shape index (κ3) is 1.81. The van der Waals surface area contributed by atoms with Crippen LogP contribution in [0.3, 0.4) is 0 Å². The molecule has 4 aliphatic rings. The van der Waals surface area contributed by atoms with Crippen LogP contribution in [-0.2, 0) is 0 Å². The Bertz CT molecular complexity index is 522. The molecule has 0 aromatic rings. The van der Waals surface area contributed by atoms with Crippen LogP contribution in [0.5, 0.6) is 0 Å². The molecule has 0 N–H and O–H groups in total. The summed E-state index contributed by atoms with van der Waals surface area (Å²) in [6.45, 7) is 2.33. The molecule has 0 aliphatic heterocycles. The fraction of sp³-hybridized carbons (Fsp3) is 0.750. The van der Waals surface area contributed by atoms with E-state index in [1.807, 2.05) is 0 Å². The van der Waals surface area contributed by atoms with E-state index >= 15 is 0 Å². The molecule has 0 spiro atoms. The van der Waals surface area contributed by atoms with E-state index in [2.05, 4.69) is 31.2 Å². The quantitative estimate of drug-likeness (QED) is 0.643. The maximum absolute atomic E-state index is 9.61. The summed E-state index contributed by atoms with van der Waals surface area (Å²) in [5, 5.41) is 9.61. The van der Waals surface area contributed by atoms with Crippen molar-refractivity contribution >= 4 is 0 Å². The molecule has 0 radical (unpaired) electrons. The summed E-state index contributed by atoms with van der Waals surface area (Å²) in [5.74, 6) is 3.58. The van der Waals surface area contributed by atoms with Gasteiger partial charge in [0.25, 0.3) is 0 Å². The van der Waals surface area contributed by atoms with Crippen LogP contribution in [0, 0.1) is 46.3 Å². The number of fused-ring (bicyclic) bond motifs is 5. The summed E-state index contributed by atoms with van der Waals surface area (Å²) in [6.07, 6.45) is 17.9.